The van der Waals surface area contributed by atoms with Crippen LogP contribution in [-0.4, -0.2) is 55.0 Å². The van der Waals surface area contributed by atoms with Gasteiger partial charge in [-0.1, -0.05) is 12.1 Å². The summed E-state index contributed by atoms with van der Waals surface area (Å²) in [5, 5.41) is 9.25. The van der Waals surface area contributed by atoms with E-state index >= 15 is 0 Å². The Morgan fingerprint density at radius 3 is 1.78 bits per heavy atom. The molecule has 10 nitrogen and oxygen atoms in total. The topological polar surface area (TPSA) is 105 Å². The number of aliphatic hydroxyl groups excluding tert-OH is 1. The highest BCUT2D eigenvalue weighted by Gasteiger charge is 2.38. The summed E-state index contributed by atoms with van der Waals surface area (Å²) < 4.78 is 9.89. The van der Waals surface area contributed by atoms with Gasteiger partial charge >= 0.3 is 12.2 Å². The molecule has 0 saturated carbocycles. The molecule has 2 heterocycles. The fraction of sp³-hybridized carbons (Fsp3) is 0.370. The van der Waals surface area contributed by atoms with Crippen molar-refractivity contribution in [3.05, 3.63) is 69.4 Å². The molecule has 0 unspecified atom stereocenters. The monoisotopic (exact) mass is 504 g/mol. The van der Waals surface area contributed by atoms with Crippen molar-refractivity contribution >= 4 is 40.7 Å². The first-order valence-corrected chi connectivity index (χ1v) is 11.6. The lowest BCUT2D eigenvalue weighted by molar-refractivity contribution is -0.118. The second kappa shape index (κ2) is 11.1. The Kier molecular flexibility index (Phi) is 8.16. The van der Waals surface area contributed by atoms with Gasteiger partial charge in [0.2, 0.25) is 0 Å². The van der Waals surface area contributed by atoms with Crippen LogP contribution >= 0.6 is 0 Å². The highest BCUT2D eigenvalue weighted by Crippen LogP contribution is 2.34. The number of anilines is 2. The predicted molar refractivity (Wildman–Crippen MR) is 137 cm³/mol. The van der Waals surface area contributed by atoms with E-state index in [-0.39, 0.29) is 31.6 Å². The lowest BCUT2D eigenvalue weighted by Crippen LogP contribution is -2.38. The fourth-order valence-corrected chi connectivity index (χ4v) is 4.23. The van der Waals surface area contributed by atoms with E-state index in [0.29, 0.717) is 22.7 Å². The second-order valence-corrected chi connectivity index (χ2v) is 8.79. The molecule has 2 amide bonds. The summed E-state index contributed by atoms with van der Waals surface area (Å²) in [5.41, 5.74) is 5.79. The average molecular weight is 505 g/mol. The quantitative estimate of drug-likeness (QED) is 0.592. The van der Waals surface area contributed by atoms with Crippen LogP contribution in [0.2, 0.25) is 0 Å². The van der Waals surface area contributed by atoms with Crippen molar-refractivity contribution in [3.8, 4) is 0 Å². The summed E-state index contributed by atoms with van der Waals surface area (Å²) in [6.07, 6.45) is -0.967. The SMILES string of the molecule is [C-]#[N+]c1ccc(N2C(=O)OC[C@@H]2C(C)=O)c(C)c1C.[C-]#[N+]c1ccc(N2C(=O)OC[C@@H]2CO)c(C)c1C. The highest BCUT2D eigenvalue weighted by molar-refractivity contribution is 6.00. The van der Waals surface area contributed by atoms with Crippen LogP contribution in [0, 0.1) is 40.8 Å². The lowest BCUT2D eigenvalue weighted by atomic mass is 10.0. The van der Waals surface area contributed by atoms with Crippen LogP contribution in [0.15, 0.2) is 24.3 Å². The van der Waals surface area contributed by atoms with Gasteiger partial charge in [-0.25, -0.2) is 19.3 Å². The molecule has 192 valence electrons. The van der Waals surface area contributed by atoms with Crippen molar-refractivity contribution in [1.29, 1.82) is 0 Å². The number of ether oxygens (including phenoxy) is 2. The summed E-state index contributed by atoms with van der Waals surface area (Å²) in [4.78, 5) is 44.7. The normalized spacial score (nSPS) is 18.4. The molecule has 0 aliphatic carbocycles. The summed E-state index contributed by atoms with van der Waals surface area (Å²) >= 11 is 0. The predicted octanol–water partition coefficient (Wildman–Crippen LogP) is 4.94. The Balaban J connectivity index is 0.000000206. The van der Waals surface area contributed by atoms with Gasteiger partial charge in [-0.3, -0.25) is 14.6 Å². The summed E-state index contributed by atoms with van der Waals surface area (Å²) in [7, 11) is 0. The van der Waals surface area contributed by atoms with Gasteiger partial charge in [0.15, 0.2) is 17.2 Å². The van der Waals surface area contributed by atoms with E-state index in [1.54, 1.807) is 24.3 Å². The minimum absolute atomic E-state index is 0.0806. The zero-order valence-corrected chi connectivity index (χ0v) is 21.4. The molecule has 0 aromatic heterocycles. The van der Waals surface area contributed by atoms with Gasteiger partial charge in [0.25, 0.3) is 0 Å². The van der Waals surface area contributed by atoms with Crippen LogP contribution in [0.1, 0.15) is 29.2 Å². The molecule has 37 heavy (non-hydrogen) atoms. The first-order valence-electron chi connectivity index (χ1n) is 11.6. The molecule has 2 fully saturated rings. The molecular formula is C27H28N4O6. The Morgan fingerprint density at radius 1 is 0.865 bits per heavy atom. The van der Waals surface area contributed by atoms with E-state index in [9.17, 15) is 19.5 Å². The van der Waals surface area contributed by atoms with Crippen molar-refractivity contribution in [1.82, 2.24) is 0 Å². The Morgan fingerprint density at radius 2 is 1.32 bits per heavy atom. The number of rotatable bonds is 4. The van der Waals surface area contributed by atoms with Crippen LogP contribution in [-0.2, 0) is 14.3 Å². The van der Waals surface area contributed by atoms with E-state index in [2.05, 4.69) is 9.69 Å². The van der Waals surface area contributed by atoms with Crippen LogP contribution in [0.4, 0.5) is 32.3 Å². The van der Waals surface area contributed by atoms with Gasteiger partial charge in [0.05, 0.1) is 25.8 Å². The van der Waals surface area contributed by atoms with Gasteiger partial charge in [-0.05, 0) is 69.0 Å². The smallest absolute Gasteiger partial charge is 0.415 e. The van der Waals surface area contributed by atoms with Crippen LogP contribution in [0.25, 0.3) is 9.69 Å². The number of aliphatic hydroxyl groups is 1. The first-order chi connectivity index (χ1) is 17.6. The second-order valence-electron chi connectivity index (χ2n) is 8.79. The van der Waals surface area contributed by atoms with E-state index in [4.69, 9.17) is 22.6 Å². The lowest BCUT2D eigenvalue weighted by Gasteiger charge is -2.23. The zero-order valence-electron chi connectivity index (χ0n) is 21.4. The van der Waals surface area contributed by atoms with Crippen molar-refractivity contribution in [2.24, 2.45) is 0 Å². The number of ketones is 1. The molecule has 0 spiro atoms. The Labute approximate surface area is 215 Å². The number of nitrogens with zero attached hydrogens (tertiary/aromatic N) is 4. The molecule has 1 N–H and O–H groups in total. The van der Waals surface area contributed by atoms with Crippen LogP contribution in [0.3, 0.4) is 0 Å². The standard InChI is InChI=1S/C14H14N2O3.C13H14N2O3/c1-8-9(2)12(6-5-11(8)15-4)16-13(10(3)17)7-19-14(16)18;1-8-9(2)12(5-4-11(8)14-3)15-10(6-16)7-18-13(15)17/h5-6,13H,7H2,1-3H3;4-5,10,16H,6-7H2,1-2H3/t13-;10-/m10/s1. The third kappa shape index (κ3) is 5.11. The molecule has 2 aromatic rings. The molecule has 2 aromatic carbocycles. The maximum Gasteiger partial charge on any atom is 0.415 e. The minimum atomic E-state index is -0.579. The number of hydrogen-bond donors (Lipinski definition) is 1. The zero-order chi connectivity index (χ0) is 27.4. The minimum Gasteiger partial charge on any atom is -0.447 e. The van der Waals surface area contributed by atoms with E-state index in [1.807, 2.05) is 27.7 Å². The third-order valence-corrected chi connectivity index (χ3v) is 6.73. The molecule has 2 aliphatic heterocycles. The van der Waals surface area contributed by atoms with E-state index in [1.165, 1.54) is 16.7 Å². The molecule has 2 aliphatic rings. The van der Waals surface area contributed by atoms with Gasteiger partial charge in [0.1, 0.15) is 19.3 Å². The Hall–Kier alpha value is -4.41. The summed E-state index contributed by atoms with van der Waals surface area (Å²) in [6.45, 7) is 23.1. The molecule has 10 heteroatoms. The molecular weight excluding hydrogens is 476 g/mol. The molecule has 0 bridgehead atoms. The molecule has 0 radical (unpaired) electrons. The summed E-state index contributed by atoms with van der Waals surface area (Å²) in [6, 6.07) is 5.83. The van der Waals surface area contributed by atoms with Gasteiger partial charge in [-0.2, -0.15) is 0 Å². The van der Waals surface area contributed by atoms with Crippen molar-refractivity contribution in [3.63, 3.8) is 0 Å². The first kappa shape index (κ1) is 27.2. The number of Topliss-reactive ketones (excluding diaryl/α,β-unsaturated/α-hetero) is 1. The number of cyclic esters (lactones) is 2. The van der Waals surface area contributed by atoms with Crippen LogP contribution in [0.5, 0.6) is 0 Å². The number of amides is 2. The number of carbonyl (C=O) groups is 3. The molecule has 4 rings (SSSR count). The van der Waals surface area contributed by atoms with Gasteiger partial charge < -0.3 is 14.6 Å². The maximum absolute atomic E-state index is 11.8. The average Bonchev–Trinajstić information content (AvgIpc) is 3.45. The van der Waals surface area contributed by atoms with Crippen molar-refractivity contribution in [2.45, 2.75) is 46.7 Å². The number of carbonyl (C=O) groups excluding carboxylic acids is 3. The number of benzene rings is 2. The molecule has 2 atom stereocenters. The van der Waals surface area contributed by atoms with Gasteiger partial charge in [-0.15, -0.1) is 0 Å². The maximum atomic E-state index is 11.8. The fourth-order valence-electron chi connectivity index (χ4n) is 4.23. The third-order valence-electron chi connectivity index (χ3n) is 6.73. The largest absolute Gasteiger partial charge is 0.447 e. The molecule has 2 saturated heterocycles. The van der Waals surface area contributed by atoms with Gasteiger partial charge in [0, 0.05) is 11.4 Å². The van der Waals surface area contributed by atoms with E-state index < -0.39 is 18.2 Å². The van der Waals surface area contributed by atoms with Crippen molar-refractivity contribution < 1.29 is 29.0 Å². The summed E-state index contributed by atoms with van der Waals surface area (Å²) in [5.74, 6) is -0.114. The van der Waals surface area contributed by atoms with Crippen LogP contribution < -0.4 is 9.80 Å². The van der Waals surface area contributed by atoms with Crippen molar-refractivity contribution in [2.75, 3.05) is 29.6 Å². The highest BCUT2D eigenvalue weighted by atomic mass is 16.6. The number of hydrogen-bond acceptors (Lipinski definition) is 6. The Bertz CT molecular complexity index is 1340. The van der Waals surface area contributed by atoms with E-state index in [0.717, 1.165) is 22.3 Å².